The van der Waals surface area contributed by atoms with Crippen LogP contribution in [0.1, 0.15) is 26.1 Å². The van der Waals surface area contributed by atoms with E-state index in [9.17, 15) is 8.78 Å². The third kappa shape index (κ3) is 4.37. The molecule has 2 saturated heterocycles. The topological polar surface area (TPSA) is 111 Å². The van der Waals surface area contributed by atoms with Crippen molar-refractivity contribution < 1.29 is 17.9 Å². The minimum absolute atomic E-state index is 0.0937. The lowest BCUT2D eigenvalue weighted by Crippen LogP contribution is -2.68. The third-order valence-electron chi connectivity index (χ3n) is 8.18. The molecule has 39 heavy (non-hydrogen) atoms. The molecule has 6 rings (SSSR count). The number of aryl methyl sites for hydroxylation is 1. The first-order chi connectivity index (χ1) is 18.7. The summed E-state index contributed by atoms with van der Waals surface area (Å²) in [7, 11) is 0. The first kappa shape index (κ1) is 25.8. The van der Waals surface area contributed by atoms with E-state index in [1.54, 1.807) is 35.8 Å². The zero-order valence-electron chi connectivity index (χ0n) is 22.1. The van der Waals surface area contributed by atoms with Crippen molar-refractivity contribution in [2.45, 2.75) is 57.9 Å². The van der Waals surface area contributed by atoms with Crippen LogP contribution in [0.5, 0.6) is 0 Å². The molecule has 2 fully saturated rings. The van der Waals surface area contributed by atoms with E-state index in [2.05, 4.69) is 44.1 Å². The highest BCUT2D eigenvalue weighted by Crippen LogP contribution is 2.36. The van der Waals surface area contributed by atoms with Crippen molar-refractivity contribution in [3.05, 3.63) is 30.2 Å². The van der Waals surface area contributed by atoms with Crippen molar-refractivity contribution in [1.82, 2.24) is 34.0 Å². The predicted octanol–water partition coefficient (Wildman–Crippen LogP) is 3.55. The van der Waals surface area contributed by atoms with Crippen LogP contribution < -0.4 is 11.1 Å². The summed E-state index contributed by atoms with van der Waals surface area (Å²) < 4.78 is 50.1. The van der Waals surface area contributed by atoms with Crippen LogP contribution >= 0.6 is 0 Å². The van der Waals surface area contributed by atoms with Crippen molar-refractivity contribution in [2.75, 3.05) is 37.4 Å². The van der Waals surface area contributed by atoms with E-state index in [1.807, 2.05) is 0 Å². The van der Waals surface area contributed by atoms with Gasteiger partial charge >= 0.3 is 0 Å². The van der Waals surface area contributed by atoms with Crippen LogP contribution in [0, 0.1) is 12.8 Å². The van der Waals surface area contributed by atoms with Crippen LogP contribution in [0.25, 0.3) is 27.9 Å². The number of hydrogen-bond acceptors (Lipinski definition) is 8. The fourth-order valence-electron chi connectivity index (χ4n) is 5.77. The molecule has 0 unspecified atom stereocenters. The molecule has 2 aliphatic rings. The molecule has 2 atom stereocenters. The number of alkyl halides is 3. The number of nitrogens with one attached hydrogen (secondary N) is 1. The molecule has 0 aromatic carbocycles. The lowest BCUT2D eigenvalue weighted by molar-refractivity contribution is -0.173. The van der Waals surface area contributed by atoms with Gasteiger partial charge < -0.3 is 20.4 Å². The molecule has 10 nitrogen and oxygen atoms in total. The molecule has 208 valence electrons. The maximum absolute atomic E-state index is 15.3. The quantitative estimate of drug-likeness (QED) is 0.364. The smallest absolute Gasteiger partial charge is 0.256 e. The SMILES string of the molecule is Cc1nc2ccc(-c3ccn4nc(N[C@H]5CCN(C6(C(C)C)COC6)C[C@H]5F)nc(N)c34)nc2n1CC(F)F. The first-order valence-electron chi connectivity index (χ1n) is 13.2. The molecule has 4 aromatic heterocycles. The summed E-state index contributed by atoms with van der Waals surface area (Å²) >= 11 is 0. The highest BCUT2D eigenvalue weighted by Gasteiger charge is 2.49. The number of nitrogens with two attached hydrogens (primary N) is 1. The van der Waals surface area contributed by atoms with Gasteiger partial charge in [0, 0.05) is 24.8 Å². The summed E-state index contributed by atoms with van der Waals surface area (Å²) in [4.78, 5) is 15.6. The lowest BCUT2D eigenvalue weighted by atomic mass is 9.81. The number of halogens is 3. The van der Waals surface area contributed by atoms with Gasteiger partial charge in [0.15, 0.2) is 11.5 Å². The summed E-state index contributed by atoms with van der Waals surface area (Å²) in [5.74, 6) is 1.28. The highest BCUT2D eigenvalue weighted by molar-refractivity contribution is 5.88. The van der Waals surface area contributed by atoms with Gasteiger partial charge in [0.1, 0.15) is 23.0 Å². The summed E-state index contributed by atoms with van der Waals surface area (Å²) in [5, 5.41) is 7.68. The maximum atomic E-state index is 15.3. The number of nitrogens with zero attached hydrogens (tertiary/aromatic N) is 7. The molecular formula is C26H32F3N9O. The minimum atomic E-state index is -2.53. The van der Waals surface area contributed by atoms with Crippen molar-refractivity contribution in [3.8, 4) is 11.3 Å². The number of aromatic nitrogens is 6. The fraction of sp³-hybridized carbons (Fsp3) is 0.538. The van der Waals surface area contributed by atoms with Crippen LogP contribution in [0.4, 0.5) is 24.9 Å². The van der Waals surface area contributed by atoms with E-state index < -0.39 is 25.2 Å². The van der Waals surface area contributed by atoms with Crippen molar-refractivity contribution in [3.63, 3.8) is 0 Å². The van der Waals surface area contributed by atoms with Gasteiger partial charge in [-0.1, -0.05) is 13.8 Å². The molecule has 0 saturated carbocycles. The Morgan fingerprint density at radius 3 is 2.64 bits per heavy atom. The number of ether oxygens (including phenoxy) is 1. The second kappa shape index (κ2) is 9.63. The maximum Gasteiger partial charge on any atom is 0.256 e. The van der Waals surface area contributed by atoms with Crippen LogP contribution in [0.3, 0.4) is 0 Å². The number of anilines is 2. The Bertz CT molecular complexity index is 1510. The Balaban J connectivity index is 1.24. The summed E-state index contributed by atoms with van der Waals surface area (Å²) in [6.45, 7) is 7.84. The van der Waals surface area contributed by atoms with Gasteiger partial charge in [-0.25, -0.2) is 27.7 Å². The van der Waals surface area contributed by atoms with Crippen LogP contribution in [-0.2, 0) is 11.3 Å². The number of piperidine rings is 1. The van der Waals surface area contributed by atoms with E-state index in [-0.39, 0.29) is 17.3 Å². The number of rotatable bonds is 7. The average molecular weight is 544 g/mol. The van der Waals surface area contributed by atoms with Gasteiger partial charge in [0.25, 0.3) is 6.43 Å². The normalized spacial score (nSPS) is 21.7. The molecule has 2 aliphatic heterocycles. The van der Waals surface area contributed by atoms with E-state index in [1.165, 1.54) is 4.57 Å². The van der Waals surface area contributed by atoms with Gasteiger partial charge in [-0.3, -0.25) is 4.90 Å². The zero-order chi connectivity index (χ0) is 27.5. The van der Waals surface area contributed by atoms with E-state index in [4.69, 9.17) is 10.5 Å². The summed E-state index contributed by atoms with van der Waals surface area (Å²) in [6.07, 6.45) is -1.31. The summed E-state index contributed by atoms with van der Waals surface area (Å²) in [6, 6.07) is 4.86. The number of fused-ring (bicyclic) bond motifs is 2. The predicted molar refractivity (Wildman–Crippen MR) is 142 cm³/mol. The standard InChI is InChI=1S/C26H32F3N9O/c1-14(2)26(12-39-13-26)36-8-7-19(17(27)10-36)33-25-34-23(30)22-16(6-9-38(22)35-25)18-4-5-20-24(32-18)37(11-21(28)29)15(3)31-20/h4-6,9,14,17,19,21H,7-8,10-13H2,1-3H3,(H3,30,33,34,35)/t17-,19+/m1/s1. The van der Waals surface area contributed by atoms with Crippen LogP contribution in [0.15, 0.2) is 24.4 Å². The van der Waals surface area contributed by atoms with Crippen LogP contribution in [0.2, 0.25) is 0 Å². The Morgan fingerprint density at radius 1 is 1.18 bits per heavy atom. The number of hydrogen-bond donors (Lipinski definition) is 2. The van der Waals surface area contributed by atoms with E-state index in [0.717, 1.165) is 6.54 Å². The molecule has 3 N–H and O–H groups in total. The monoisotopic (exact) mass is 543 g/mol. The molecule has 0 amide bonds. The van der Waals surface area contributed by atoms with Crippen molar-refractivity contribution in [2.24, 2.45) is 5.92 Å². The number of imidazole rings is 1. The van der Waals surface area contributed by atoms with Crippen molar-refractivity contribution >= 4 is 28.4 Å². The molecule has 0 radical (unpaired) electrons. The molecule has 0 bridgehead atoms. The minimum Gasteiger partial charge on any atom is -0.382 e. The first-order valence-corrected chi connectivity index (χ1v) is 13.2. The number of pyridine rings is 1. The molecular weight excluding hydrogens is 511 g/mol. The van der Waals surface area contributed by atoms with Gasteiger partial charge in [-0.15, -0.1) is 5.10 Å². The number of likely N-dealkylation sites (tertiary alicyclic amines) is 1. The lowest BCUT2D eigenvalue weighted by Gasteiger charge is -2.55. The van der Waals surface area contributed by atoms with Gasteiger partial charge in [-0.05, 0) is 37.5 Å². The third-order valence-corrected chi connectivity index (χ3v) is 8.18. The second-order valence-electron chi connectivity index (χ2n) is 10.8. The Kier molecular flexibility index (Phi) is 6.37. The summed E-state index contributed by atoms with van der Waals surface area (Å²) in [5.41, 5.74) is 8.88. The van der Waals surface area contributed by atoms with E-state index >= 15 is 4.39 Å². The van der Waals surface area contributed by atoms with Crippen molar-refractivity contribution in [1.29, 1.82) is 0 Å². The Morgan fingerprint density at radius 2 is 1.97 bits per heavy atom. The van der Waals surface area contributed by atoms with Gasteiger partial charge in [0.2, 0.25) is 5.95 Å². The van der Waals surface area contributed by atoms with Gasteiger partial charge in [-0.2, -0.15) is 4.98 Å². The molecule has 4 aromatic rings. The molecule has 0 aliphatic carbocycles. The van der Waals surface area contributed by atoms with E-state index in [0.29, 0.717) is 65.9 Å². The largest absolute Gasteiger partial charge is 0.382 e. The Labute approximate surface area is 223 Å². The van der Waals surface area contributed by atoms with Crippen LogP contribution in [-0.4, -0.2) is 84.5 Å². The molecule has 6 heterocycles. The Hall–Kier alpha value is -3.45. The molecule has 0 spiro atoms. The number of nitrogen functional groups attached to an aromatic ring is 1. The average Bonchev–Trinajstić information content (AvgIpc) is 3.40. The fourth-order valence-corrected chi connectivity index (χ4v) is 5.77. The highest BCUT2D eigenvalue weighted by atomic mass is 19.3. The zero-order valence-corrected chi connectivity index (χ0v) is 22.1. The van der Waals surface area contributed by atoms with Gasteiger partial charge in [0.05, 0.1) is 37.0 Å². The molecule has 13 heteroatoms. The second-order valence-corrected chi connectivity index (χ2v) is 10.8.